The van der Waals surface area contributed by atoms with E-state index in [1.807, 2.05) is 60.8 Å². The summed E-state index contributed by atoms with van der Waals surface area (Å²) in [5.74, 6) is 2.13. The third-order valence-corrected chi connectivity index (χ3v) is 18.1. The molecule has 0 fully saturated rings. The fraction of sp³-hybridized carbons (Fsp3) is 0.143. The van der Waals surface area contributed by atoms with Gasteiger partial charge in [-0.25, -0.2) is 4.98 Å². The largest absolute Gasteiger partial charge is 0.458 e. The molecule has 0 N–H and O–H groups in total. The Labute approximate surface area is 532 Å². The first-order valence-electron chi connectivity index (χ1n) is 33.4. The molecule has 1 aliphatic rings. The Morgan fingerprint density at radius 2 is 1.09 bits per heavy atom. The van der Waals surface area contributed by atoms with Gasteiger partial charge in [0.2, 0.25) is 0 Å². The second-order valence-electron chi connectivity index (χ2n) is 27.0. The molecule has 0 aliphatic carbocycles. The topological polar surface area (TPSA) is 49.0 Å². The zero-order valence-electron chi connectivity index (χ0n) is 56.9. The Balaban J connectivity index is 0.991. The first-order valence-corrected chi connectivity index (χ1v) is 30.9. The molecule has 5 heterocycles. The number of ether oxygens (including phenoxy) is 1. The molecule has 436 valence electrons. The lowest BCUT2D eigenvalue weighted by Crippen LogP contribution is -2.32. The summed E-state index contributed by atoms with van der Waals surface area (Å²) in [5, 5.41) is 4.24. The molecule has 11 aromatic carbocycles. The van der Waals surface area contributed by atoms with E-state index in [4.69, 9.17) is 18.3 Å². The summed E-state index contributed by atoms with van der Waals surface area (Å²) >= 11 is 0. The first kappa shape index (κ1) is 49.4. The van der Waals surface area contributed by atoms with Crippen LogP contribution in [-0.4, -0.2) is 14.1 Å². The second-order valence-corrected chi connectivity index (χ2v) is 27.0. The van der Waals surface area contributed by atoms with E-state index in [2.05, 4.69) is 240 Å². The van der Waals surface area contributed by atoms with Gasteiger partial charge in [0, 0.05) is 33.8 Å². The van der Waals surface area contributed by atoms with Gasteiger partial charge in [-0.05, 0) is 172 Å². The highest BCUT2D eigenvalue weighted by Gasteiger charge is 2.31. The zero-order valence-corrected chi connectivity index (χ0v) is 51.9. The smallest absolute Gasteiger partial charge is 0.269 e. The number of nitrogens with zero attached hydrogens (tertiary/aromatic N) is 4. The summed E-state index contributed by atoms with van der Waals surface area (Å²) in [5.41, 5.74) is 19.7. The maximum Gasteiger partial charge on any atom is 0.269 e. The maximum absolute atomic E-state index is 9.54. The van der Waals surface area contributed by atoms with Crippen LogP contribution < -0.4 is 9.30 Å². The highest BCUT2D eigenvalue weighted by atomic mass is 16.5. The average molecular weight is 1170 g/mol. The van der Waals surface area contributed by atoms with E-state index in [9.17, 15) is 2.74 Å². The van der Waals surface area contributed by atoms with E-state index < -0.39 is 18.1 Å². The molecule has 0 atom stereocenters. The molecule has 6 heteroatoms. The molecule has 4 aromatic heterocycles. The SMILES string of the molecule is [2H]c1c([2H])c([2H])c(-c2cccc3c2-c2ccccc2-c2cc(-c4ccc5oc6ccccc6c5c4)cc4c2[n+]([c-]n4-c2cccc(Oc4ccc5c6ccccc6n(-c6cc(C(C)(C)C)ccn6)c5c4)c2)-c2c(-c4cc(C(C)(C)C)cc(C(C)(C)C)c4)cccc2-3)c([2H])c1[2H]. The quantitative estimate of drug-likeness (QED) is 0.118. The van der Waals surface area contributed by atoms with Crippen molar-refractivity contribution < 1.29 is 20.6 Å². The molecule has 0 saturated heterocycles. The molecule has 0 spiro atoms. The number of aromatic nitrogens is 4. The van der Waals surface area contributed by atoms with Crippen LogP contribution >= 0.6 is 0 Å². The van der Waals surface area contributed by atoms with Gasteiger partial charge in [0.25, 0.3) is 6.33 Å². The van der Waals surface area contributed by atoms with Gasteiger partial charge in [-0.3, -0.25) is 13.7 Å². The molecule has 0 unspecified atom stereocenters. The van der Waals surface area contributed by atoms with E-state index in [1.165, 1.54) is 16.7 Å². The first-order chi connectivity index (χ1) is 45.6. The normalized spacial score (nSPS) is 13.3. The minimum atomic E-state index is -0.444. The van der Waals surface area contributed by atoms with Crippen LogP contribution in [0.2, 0.25) is 0 Å². The number of hydrogen-bond donors (Lipinski definition) is 0. The molecule has 15 aromatic rings. The van der Waals surface area contributed by atoms with Gasteiger partial charge in [-0.2, -0.15) is 0 Å². The van der Waals surface area contributed by atoms with Crippen LogP contribution in [0.15, 0.2) is 253 Å². The third kappa shape index (κ3) is 9.14. The maximum atomic E-state index is 9.54. The van der Waals surface area contributed by atoms with Crippen molar-refractivity contribution in [1.82, 2.24) is 14.1 Å². The molecule has 0 bridgehead atoms. The van der Waals surface area contributed by atoms with Crippen LogP contribution in [0, 0.1) is 6.33 Å². The van der Waals surface area contributed by atoms with E-state index >= 15 is 0 Å². The number of benzene rings is 11. The predicted octanol–water partition coefficient (Wildman–Crippen LogP) is 22.1. The Morgan fingerprint density at radius 3 is 1.88 bits per heavy atom. The van der Waals surface area contributed by atoms with Crippen LogP contribution in [-0.2, 0) is 16.2 Å². The Morgan fingerprint density at radius 1 is 0.433 bits per heavy atom. The number of furan rings is 1. The van der Waals surface area contributed by atoms with Crippen LogP contribution in [0.1, 0.15) is 85.9 Å². The number of hydrogen-bond acceptors (Lipinski definition) is 3. The van der Waals surface area contributed by atoms with Gasteiger partial charge in [0.15, 0.2) is 0 Å². The average Bonchev–Trinajstić information content (AvgIpc) is 1.60. The molecular formula is C84H68N4O2. The lowest BCUT2D eigenvalue weighted by Gasteiger charge is -2.27. The highest BCUT2D eigenvalue weighted by molar-refractivity contribution is 6.11. The summed E-state index contributed by atoms with van der Waals surface area (Å²) < 4.78 is 66.0. The van der Waals surface area contributed by atoms with Crippen molar-refractivity contribution in [1.29, 1.82) is 0 Å². The van der Waals surface area contributed by atoms with Crippen molar-refractivity contribution in [2.24, 2.45) is 0 Å². The summed E-state index contributed by atoms with van der Waals surface area (Å²) in [4.78, 5) is 4.96. The second kappa shape index (κ2) is 20.5. The van der Waals surface area contributed by atoms with E-state index in [0.717, 1.165) is 128 Å². The van der Waals surface area contributed by atoms with Crippen molar-refractivity contribution >= 4 is 54.8 Å². The van der Waals surface area contributed by atoms with Crippen molar-refractivity contribution in [2.75, 3.05) is 0 Å². The van der Waals surface area contributed by atoms with Crippen molar-refractivity contribution in [2.45, 2.75) is 78.6 Å². The van der Waals surface area contributed by atoms with Gasteiger partial charge in [-0.1, -0.05) is 226 Å². The van der Waals surface area contributed by atoms with E-state index in [-0.39, 0.29) is 33.9 Å². The molecule has 1 aliphatic heterocycles. The summed E-state index contributed by atoms with van der Waals surface area (Å²) in [7, 11) is 0. The van der Waals surface area contributed by atoms with Crippen molar-refractivity contribution in [3.63, 3.8) is 0 Å². The predicted molar refractivity (Wildman–Crippen MR) is 372 cm³/mol. The lowest BCUT2D eigenvalue weighted by molar-refractivity contribution is -0.570. The standard InChI is InChI=1S/C84H68N4O2/c1-82(2,3)56-40-41-85-78(48-56)88-73-34-17-15-27-65(73)66-38-37-61(50-74(66)88)89-60-25-19-24-59(49-60)86-51-87-80-63(55-42-57(83(4,5)6)47-58(43-55)84(7,8)9)31-21-33-70(80)69-32-20-30-62(52-22-11-10-12-23-52)79(69)68-29-14-13-26-64(68)72-45-54(46-75(86)81(72)87)53-36-39-77-71(44-53)67-28-16-18-35-76(67)90-77/h10-50H,1-9H3/i10D,11D,12D,22D,23D. The van der Waals surface area contributed by atoms with Gasteiger partial charge in [0.05, 0.1) is 40.3 Å². The van der Waals surface area contributed by atoms with Crippen molar-refractivity contribution in [3.05, 3.63) is 272 Å². The number of imidazole rings is 1. The third-order valence-electron chi connectivity index (χ3n) is 18.1. The minimum Gasteiger partial charge on any atom is -0.458 e. The lowest BCUT2D eigenvalue weighted by atomic mass is 9.78. The number of rotatable bonds is 7. The Kier molecular flexibility index (Phi) is 11.3. The summed E-state index contributed by atoms with van der Waals surface area (Å²) in [6, 6.07) is 72.4. The molecule has 0 amide bonds. The fourth-order valence-electron chi connectivity index (χ4n) is 13.4. The number of pyridine rings is 1. The number of para-hydroxylation sites is 3. The van der Waals surface area contributed by atoms with Gasteiger partial charge in [0.1, 0.15) is 28.5 Å². The minimum absolute atomic E-state index is 0.0832. The van der Waals surface area contributed by atoms with Crippen LogP contribution in [0.3, 0.4) is 0 Å². The van der Waals surface area contributed by atoms with Crippen LogP contribution in [0.4, 0.5) is 0 Å². The highest BCUT2D eigenvalue weighted by Crippen LogP contribution is 2.50. The van der Waals surface area contributed by atoms with Gasteiger partial charge < -0.3 is 9.15 Å². The molecule has 0 radical (unpaired) electrons. The molecule has 16 rings (SSSR count). The van der Waals surface area contributed by atoms with E-state index in [0.29, 0.717) is 17.1 Å². The monoisotopic (exact) mass is 1170 g/mol. The van der Waals surface area contributed by atoms with Crippen LogP contribution in [0.25, 0.3) is 139 Å². The summed E-state index contributed by atoms with van der Waals surface area (Å²) in [6.45, 7) is 20.3. The van der Waals surface area contributed by atoms with Crippen molar-refractivity contribution in [3.8, 4) is 95.5 Å². The Hall–Kier alpha value is -10.6. The number of fused-ring (bicyclic) bond motifs is 13. The molecule has 90 heavy (non-hydrogen) atoms. The van der Waals surface area contributed by atoms with E-state index in [1.54, 1.807) is 0 Å². The molecule has 0 saturated carbocycles. The van der Waals surface area contributed by atoms with Gasteiger partial charge in [-0.15, -0.1) is 0 Å². The zero-order chi connectivity index (χ0) is 65.7. The van der Waals surface area contributed by atoms with Gasteiger partial charge >= 0.3 is 0 Å². The Bertz CT molecular complexity index is 5670. The van der Waals surface area contributed by atoms with Crippen LogP contribution in [0.5, 0.6) is 11.5 Å². The molecule has 6 nitrogen and oxygen atoms in total. The summed E-state index contributed by atoms with van der Waals surface area (Å²) in [6.07, 6.45) is 5.97. The molecular weight excluding hydrogens is 1100 g/mol. The fourth-order valence-corrected chi connectivity index (χ4v) is 13.4.